The number of nitrogens with one attached hydrogen (secondary N) is 1. The molecule has 0 aromatic heterocycles. The molecule has 0 saturated carbocycles. The third kappa shape index (κ3) is 5.29. The maximum absolute atomic E-state index is 11.4. The Bertz CT molecular complexity index is 366. The summed E-state index contributed by atoms with van der Waals surface area (Å²) in [5.74, 6) is -0.0944. The molecular weight excluding hydrogens is 230 g/mol. The Balaban J connectivity index is 2.47. The van der Waals surface area contributed by atoms with E-state index in [0.717, 1.165) is 11.1 Å². The highest BCUT2D eigenvalue weighted by atomic mass is 16.5. The molecule has 4 heteroatoms. The Hall–Kier alpha value is -1.39. The summed E-state index contributed by atoms with van der Waals surface area (Å²) in [6.07, 6.45) is 0. The van der Waals surface area contributed by atoms with Gasteiger partial charge in [0.15, 0.2) is 0 Å². The van der Waals surface area contributed by atoms with Crippen molar-refractivity contribution in [3.63, 3.8) is 0 Å². The van der Waals surface area contributed by atoms with Crippen LogP contribution in [-0.4, -0.2) is 25.7 Å². The van der Waals surface area contributed by atoms with Gasteiger partial charge in [0.25, 0.3) is 0 Å². The molecule has 0 aliphatic carbocycles. The minimum atomic E-state index is -0.0944. The lowest BCUT2D eigenvalue weighted by Gasteiger charge is -2.10. The van der Waals surface area contributed by atoms with Gasteiger partial charge in [-0.05, 0) is 25.0 Å². The summed E-state index contributed by atoms with van der Waals surface area (Å²) in [6.45, 7) is 6.27. The fourth-order valence-corrected chi connectivity index (χ4v) is 1.52. The summed E-state index contributed by atoms with van der Waals surface area (Å²) in [5, 5.41) is 2.83. The summed E-state index contributed by atoms with van der Waals surface area (Å²) >= 11 is 0. The van der Waals surface area contributed by atoms with Crippen molar-refractivity contribution in [2.24, 2.45) is 0 Å². The number of ether oxygens (including phenoxy) is 2. The van der Waals surface area contributed by atoms with Gasteiger partial charge in [-0.25, -0.2) is 0 Å². The molecule has 1 amide bonds. The summed E-state index contributed by atoms with van der Waals surface area (Å²) < 4.78 is 10.4. The first-order chi connectivity index (χ1) is 8.77. The fourth-order valence-electron chi connectivity index (χ4n) is 1.52. The molecule has 0 fully saturated rings. The number of hydrogen-bond donors (Lipinski definition) is 1. The van der Waals surface area contributed by atoms with Crippen molar-refractivity contribution in [1.29, 1.82) is 0 Å². The van der Waals surface area contributed by atoms with Crippen LogP contribution in [-0.2, 0) is 27.4 Å². The standard InChI is InChI=1S/C14H21NO3/c1-3-17-10-13-8-6-5-7-12(13)9-15-14(16)11-18-4-2/h5-8H,3-4,9-11H2,1-2H3,(H,15,16). The Morgan fingerprint density at radius 3 is 2.44 bits per heavy atom. The zero-order chi connectivity index (χ0) is 13.2. The van der Waals surface area contributed by atoms with E-state index in [1.807, 2.05) is 38.1 Å². The molecule has 0 heterocycles. The highest BCUT2D eigenvalue weighted by molar-refractivity contribution is 5.77. The Morgan fingerprint density at radius 1 is 1.11 bits per heavy atom. The normalized spacial score (nSPS) is 10.3. The second-order valence-corrected chi connectivity index (χ2v) is 3.82. The van der Waals surface area contributed by atoms with Crippen molar-refractivity contribution >= 4 is 5.91 Å². The molecule has 1 aromatic carbocycles. The van der Waals surface area contributed by atoms with Gasteiger partial charge in [-0.1, -0.05) is 24.3 Å². The lowest BCUT2D eigenvalue weighted by molar-refractivity contribution is -0.125. The highest BCUT2D eigenvalue weighted by Gasteiger charge is 2.04. The van der Waals surface area contributed by atoms with Crippen molar-refractivity contribution in [3.8, 4) is 0 Å². The molecular formula is C14H21NO3. The first kappa shape index (κ1) is 14.7. The van der Waals surface area contributed by atoms with Gasteiger partial charge in [-0.2, -0.15) is 0 Å². The van der Waals surface area contributed by atoms with E-state index in [-0.39, 0.29) is 12.5 Å². The molecule has 0 spiro atoms. The summed E-state index contributed by atoms with van der Waals surface area (Å²) in [6, 6.07) is 7.94. The minimum absolute atomic E-state index is 0.0944. The maximum Gasteiger partial charge on any atom is 0.246 e. The number of rotatable bonds is 8. The number of amides is 1. The maximum atomic E-state index is 11.4. The summed E-state index contributed by atoms with van der Waals surface area (Å²) in [7, 11) is 0. The Kier molecular flexibility index (Phi) is 7.06. The van der Waals surface area contributed by atoms with Crippen LogP contribution >= 0.6 is 0 Å². The fraction of sp³-hybridized carbons (Fsp3) is 0.500. The first-order valence-electron chi connectivity index (χ1n) is 6.26. The first-order valence-corrected chi connectivity index (χ1v) is 6.26. The van der Waals surface area contributed by atoms with Gasteiger partial charge in [0.05, 0.1) is 6.61 Å². The van der Waals surface area contributed by atoms with Crippen molar-refractivity contribution in [1.82, 2.24) is 5.32 Å². The molecule has 100 valence electrons. The largest absolute Gasteiger partial charge is 0.377 e. The predicted octanol–water partition coefficient (Wildman–Crippen LogP) is 1.88. The van der Waals surface area contributed by atoms with Crippen LogP contribution in [0.15, 0.2) is 24.3 Å². The molecule has 0 unspecified atom stereocenters. The lowest BCUT2D eigenvalue weighted by Crippen LogP contribution is -2.27. The smallest absolute Gasteiger partial charge is 0.246 e. The topological polar surface area (TPSA) is 47.6 Å². The van der Waals surface area contributed by atoms with Crippen LogP contribution in [0.4, 0.5) is 0 Å². The number of benzene rings is 1. The second-order valence-electron chi connectivity index (χ2n) is 3.82. The Morgan fingerprint density at radius 2 is 1.78 bits per heavy atom. The molecule has 0 aliphatic rings. The van der Waals surface area contributed by atoms with E-state index in [2.05, 4.69) is 5.32 Å². The van der Waals surface area contributed by atoms with Crippen molar-refractivity contribution in [2.45, 2.75) is 27.0 Å². The Labute approximate surface area is 108 Å². The number of carbonyl (C=O) groups excluding carboxylic acids is 1. The molecule has 1 rings (SSSR count). The van der Waals surface area contributed by atoms with Crippen LogP contribution in [0.1, 0.15) is 25.0 Å². The van der Waals surface area contributed by atoms with E-state index in [9.17, 15) is 4.79 Å². The number of hydrogen-bond acceptors (Lipinski definition) is 3. The number of carbonyl (C=O) groups is 1. The monoisotopic (exact) mass is 251 g/mol. The van der Waals surface area contributed by atoms with Gasteiger partial charge in [0, 0.05) is 19.8 Å². The summed E-state index contributed by atoms with van der Waals surface area (Å²) in [5.41, 5.74) is 2.19. The molecule has 4 nitrogen and oxygen atoms in total. The molecule has 0 radical (unpaired) electrons. The third-order valence-corrected chi connectivity index (χ3v) is 2.49. The quantitative estimate of drug-likeness (QED) is 0.767. The third-order valence-electron chi connectivity index (χ3n) is 2.49. The van der Waals surface area contributed by atoms with Crippen LogP contribution in [0, 0.1) is 0 Å². The van der Waals surface area contributed by atoms with Crippen LogP contribution in [0.5, 0.6) is 0 Å². The van der Waals surface area contributed by atoms with Crippen LogP contribution in [0.2, 0.25) is 0 Å². The highest BCUT2D eigenvalue weighted by Crippen LogP contribution is 2.09. The lowest BCUT2D eigenvalue weighted by atomic mass is 10.1. The average Bonchev–Trinajstić information content (AvgIpc) is 2.41. The summed E-state index contributed by atoms with van der Waals surface area (Å²) in [4.78, 5) is 11.4. The molecule has 1 aromatic rings. The second kappa shape index (κ2) is 8.66. The van der Waals surface area contributed by atoms with Gasteiger partial charge in [0.1, 0.15) is 6.61 Å². The zero-order valence-corrected chi connectivity index (χ0v) is 11.1. The molecule has 0 saturated heterocycles. The van der Waals surface area contributed by atoms with Crippen molar-refractivity contribution < 1.29 is 14.3 Å². The van der Waals surface area contributed by atoms with E-state index >= 15 is 0 Å². The molecule has 0 aliphatic heterocycles. The van der Waals surface area contributed by atoms with E-state index < -0.39 is 0 Å². The van der Waals surface area contributed by atoms with Gasteiger partial charge >= 0.3 is 0 Å². The van der Waals surface area contributed by atoms with E-state index in [0.29, 0.717) is 26.4 Å². The molecule has 1 N–H and O–H groups in total. The van der Waals surface area contributed by atoms with Crippen molar-refractivity contribution in [3.05, 3.63) is 35.4 Å². The molecule has 0 bridgehead atoms. The van der Waals surface area contributed by atoms with Gasteiger partial charge in [0.2, 0.25) is 5.91 Å². The van der Waals surface area contributed by atoms with Crippen LogP contribution < -0.4 is 5.32 Å². The van der Waals surface area contributed by atoms with Gasteiger partial charge in [-0.3, -0.25) is 4.79 Å². The zero-order valence-electron chi connectivity index (χ0n) is 11.1. The molecule has 0 atom stereocenters. The minimum Gasteiger partial charge on any atom is -0.377 e. The van der Waals surface area contributed by atoms with E-state index in [1.165, 1.54) is 0 Å². The van der Waals surface area contributed by atoms with Crippen molar-refractivity contribution in [2.75, 3.05) is 19.8 Å². The predicted molar refractivity (Wildman–Crippen MR) is 70.1 cm³/mol. The van der Waals surface area contributed by atoms with E-state index in [1.54, 1.807) is 0 Å². The SMILES string of the molecule is CCOCC(=O)NCc1ccccc1COCC. The van der Waals surface area contributed by atoms with Gasteiger partial charge in [-0.15, -0.1) is 0 Å². The van der Waals surface area contributed by atoms with Gasteiger partial charge < -0.3 is 14.8 Å². The molecule has 18 heavy (non-hydrogen) atoms. The average molecular weight is 251 g/mol. The van der Waals surface area contributed by atoms with Crippen LogP contribution in [0.25, 0.3) is 0 Å². The van der Waals surface area contributed by atoms with E-state index in [4.69, 9.17) is 9.47 Å². The van der Waals surface area contributed by atoms with Crippen LogP contribution in [0.3, 0.4) is 0 Å².